The summed E-state index contributed by atoms with van der Waals surface area (Å²) in [7, 11) is 0. The smallest absolute Gasteiger partial charge is 0.348 e. The summed E-state index contributed by atoms with van der Waals surface area (Å²) < 4.78 is 5.00. The Hall–Kier alpha value is -2.17. The van der Waals surface area contributed by atoms with Gasteiger partial charge in [-0.05, 0) is 42.7 Å². The standard InChI is InChI=1S/C17H16N2O3S2/c18-9-12-11-5-2-1-3-6-13(11)24-16(12)19-15(20)10-22-17(21)14-7-4-8-23-14/h4,7-8H,1-3,5-6,10H2,(H,19,20). The van der Waals surface area contributed by atoms with Crippen molar-refractivity contribution in [3.63, 3.8) is 0 Å². The van der Waals surface area contributed by atoms with Crippen molar-refractivity contribution >= 4 is 39.6 Å². The van der Waals surface area contributed by atoms with Gasteiger partial charge in [0, 0.05) is 4.88 Å². The number of esters is 1. The van der Waals surface area contributed by atoms with Gasteiger partial charge in [0.15, 0.2) is 6.61 Å². The van der Waals surface area contributed by atoms with E-state index in [0.717, 1.165) is 31.2 Å². The highest BCUT2D eigenvalue weighted by Crippen LogP contribution is 2.36. The van der Waals surface area contributed by atoms with Gasteiger partial charge in [-0.15, -0.1) is 22.7 Å². The molecule has 0 aliphatic heterocycles. The summed E-state index contributed by atoms with van der Waals surface area (Å²) in [4.78, 5) is 25.4. The zero-order chi connectivity index (χ0) is 16.9. The molecule has 2 aromatic rings. The summed E-state index contributed by atoms with van der Waals surface area (Å²) >= 11 is 2.73. The molecule has 7 heteroatoms. The van der Waals surface area contributed by atoms with E-state index in [2.05, 4.69) is 11.4 Å². The number of carbonyl (C=O) groups is 2. The number of amides is 1. The Morgan fingerprint density at radius 3 is 2.88 bits per heavy atom. The van der Waals surface area contributed by atoms with E-state index in [1.165, 1.54) is 34.0 Å². The number of anilines is 1. The van der Waals surface area contributed by atoms with Crippen molar-refractivity contribution in [3.8, 4) is 6.07 Å². The highest BCUT2D eigenvalue weighted by atomic mass is 32.1. The zero-order valence-corrected chi connectivity index (χ0v) is 14.6. The van der Waals surface area contributed by atoms with E-state index in [1.54, 1.807) is 17.5 Å². The van der Waals surface area contributed by atoms with Crippen LogP contribution in [0.5, 0.6) is 0 Å². The van der Waals surface area contributed by atoms with E-state index >= 15 is 0 Å². The number of hydrogen-bond donors (Lipinski definition) is 1. The van der Waals surface area contributed by atoms with Crippen LogP contribution in [0, 0.1) is 11.3 Å². The van der Waals surface area contributed by atoms with Crippen LogP contribution >= 0.6 is 22.7 Å². The van der Waals surface area contributed by atoms with Crippen LogP contribution in [0.3, 0.4) is 0 Å². The molecule has 124 valence electrons. The number of nitrogens with one attached hydrogen (secondary N) is 1. The van der Waals surface area contributed by atoms with Crippen molar-refractivity contribution in [1.82, 2.24) is 0 Å². The highest BCUT2D eigenvalue weighted by Gasteiger charge is 2.21. The van der Waals surface area contributed by atoms with Crippen molar-refractivity contribution < 1.29 is 14.3 Å². The first-order valence-electron chi connectivity index (χ1n) is 7.74. The second-order valence-corrected chi connectivity index (χ2v) is 7.53. The predicted molar refractivity (Wildman–Crippen MR) is 93.5 cm³/mol. The van der Waals surface area contributed by atoms with Crippen molar-refractivity contribution in [1.29, 1.82) is 5.26 Å². The fourth-order valence-electron chi connectivity index (χ4n) is 2.71. The van der Waals surface area contributed by atoms with Crippen molar-refractivity contribution in [3.05, 3.63) is 38.4 Å². The second kappa shape index (κ2) is 7.60. The van der Waals surface area contributed by atoms with Gasteiger partial charge >= 0.3 is 5.97 Å². The maximum atomic E-state index is 12.0. The first-order chi connectivity index (χ1) is 11.7. The number of nitrogens with zero attached hydrogens (tertiary/aromatic N) is 1. The molecule has 0 unspecified atom stereocenters. The van der Waals surface area contributed by atoms with Gasteiger partial charge in [0.05, 0.1) is 5.56 Å². The molecule has 2 heterocycles. The number of ether oxygens (including phenoxy) is 1. The normalized spacial score (nSPS) is 13.5. The Morgan fingerprint density at radius 1 is 1.29 bits per heavy atom. The fraction of sp³-hybridized carbons (Fsp3) is 0.353. The fourth-order valence-corrected chi connectivity index (χ4v) is 4.58. The Morgan fingerprint density at radius 2 is 2.12 bits per heavy atom. The lowest BCUT2D eigenvalue weighted by molar-refractivity contribution is -0.119. The Labute approximate surface area is 147 Å². The average Bonchev–Trinajstić information content (AvgIpc) is 3.16. The minimum absolute atomic E-state index is 0.357. The molecule has 0 saturated carbocycles. The van der Waals surface area contributed by atoms with Gasteiger partial charge in [-0.2, -0.15) is 5.26 Å². The lowest BCUT2D eigenvalue weighted by atomic mass is 10.1. The van der Waals surface area contributed by atoms with Gasteiger partial charge in [0.2, 0.25) is 0 Å². The summed E-state index contributed by atoms with van der Waals surface area (Å²) in [6, 6.07) is 5.61. The third-order valence-electron chi connectivity index (χ3n) is 3.84. The van der Waals surface area contributed by atoms with Crippen LogP contribution in [0.15, 0.2) is 17.5 Å². The molecule has 0 fully saturated rings. The molecule has 5 nitrogen and oxygen atoms in total. The number of hydrogen-bond acceptors (Lipinski definition) is 6. The van der Waals surface area contributed by atoms with Crippen molar-refractivity contribution in [2.24, 2.45) is 0 Å². The lowest BCUT2D eigenvalue weighted by Gasteiger charge is -2.05. The Kier molecular flexibility index (Phi) is 5.28. The second-order valence-electron chi connectivity index (χ2n) is 5.48. The molecule has 0 radical (unpaired) electrons. The molecule has 3 rings (SSSR count). The number of thiophene rings is 2. The largest absolute Gasteiger partial charge is 0.451 e. The molecule has 0 aromatic carbocycles. The number of rotatable bonds is 4. The van der Waals surface area contributed by atoms with Gasteiger partial charge in [-0.25, -0.2) is 4.79 Å². The van der Waals surface area contributed by atoms with Crippen LogP contribution in [-0.4, -0.2) is 18.5 Å². The summed E-state index contributed by atoms with van der Waals surface area (Å²) in [5.74, 6) is -0.935. The molecule has 1 amide bonds. The molecule has 0 saturated heterocycles. The van der Waals surface area contributed by atoms with Gasteiger partial charge in [-0.3, -0.25) is 4.79 Å². The monoisotopic (exact) mass is 360 g/mol. The SMILES string of the molecule is N#Cc1c(NC(=O)COC(=O)c2cccs2)sc2c1CCCCC2. The van der Waals surface area contributed by atoms with E-state index in [9.17, 15) is 14.9 Å². The van der Waals surface area contributed by atoms with E-state index in [-0.39, 0.29) is 6.61 Å². The quantitative estimate of drug-likeness (QED) is 0.665. The minimum atomic E-state index is -0.511. The molecular formula is C17H16N2O3S2. The molecule has 1 N–H and O–H groups in total. The van der Waals surface area contributed by atoms with Crippen LogP contribution in [0.1, 0.15) is 44.9 Å². The predicted octanol–water partition coefficient (Wildman–Crippen LogP) is 3.75. The van der Waals surface area contributed by atoms with Gasteiger partial charge < -0.3 is 10.1 Å². The number of aryl methyl sites for hydroxylation is 1. The molecule has 0 spiro atoms. The van der Waals surface area contributed by atoms with Crippen molar-refractivity contribution in [2.75, 3.05) is 11.9 Å². The van der Waals surface area contributed by atoms with Gasteiger partial charge in [0.1, 0.15) is 15.9 Å². The molecule has 0 bridgehead atoms. The maximum absolute atomic E-state index is 12.0. The highest BCUT2D eigenvalue weighted by molar-refractivity contribution is 7.16. The number of fused-ring (bicyclic) bond motifs is 1. The average molecular weight is 360 g/mol. The van der Waals surface area contributed by atoms with E-state index in [0.29, 0.717) is 15.4 Å². The third-order valence-corrected chi connectivity index (χ3v) is 5.90. The van der Waals surface area contributed by atoms with Crippen LogP contribution in [0.2, 0.25) is 0 Å². The van der Waals surface area contributed by atoms with Crippen LogP contribution in [0.25, 0.3) is 0 Å². The molecule has 2 aromatic heterocycles. The van der Waals surface area contributed by atoms with Gasteiger partial charge in [-0.1, -0.05) is 12.5 Å². The van der Waals surface area contributed by atoms with Crippen molar-refractivity contribution in [2.45, 2.75) is 32.1 Å². The third kappa shape index (κ3) is 3.66. The molecule has 0 atom stereocenters. The molecule has 1 aliphatic carbocycles. The topological polar surface area (TPSA) is 79.2 Å². The number of carbonyl (C=O) groups excluding carboxylic acids is 2. The Balaban J connectivity index is 1.64. The van der Waals surface area contributed by atoms with Crippen LogP contribution in [0.4, 0.5) is 5.00 Å². The first kappa shape index (κ1) is 16.7. The summed E-state index contributed by atoms with van der Waals surface area (Å²) in [6.45, 7) is -0.357. The Bertz CT molecular complexity index is 788. The van der Waals surface area contributed by atoms with Crippen LogP contribution < -0.4 is 5.32 Å². The maximum Gasteiger partial charge on any atom is 0.348 e. The van der Waals surface area contributed by atoms with Crippen LogP contribution in [-0.2, 0) is 22.4 Å². The molecule has 24 heavy (non-hydrogen) atoms. The van der Waals surface area contributed by atoms with E-state index < -0.39 is 11.9 Å². The van der Waals surface area contributed by atoms with E-state index in [1.807, 2.05) is 0 Å². The molecular weight excluding hydrogens is 344 g/mol. The summed E-state index contributed by atoms with van der Waals surface area (Å²) in [5, 5.41) is 14.5. The lowest BCUT2D eigenvalue weighted by Crippen LogP contribution is -2.20. The zero-order valence-electron chi connectivity index (χ0n) is 13.0. The van der Waals surface area contributed by atoms with Gasteiger partial charge in [0.25, 0.3) is 5.91 Å². The minimum Gasteiger partial charge on any atom is -0.451 e. The first-order valence-corrected chi connectivity index (χ1v) is 9.43. The summed E-state index contributed by atoms with van der Waals surface area (Å²) in [5.41, 5.74) is 1.64. The number of nitriles is 1. The van der Waals surface area contributed by atoms with E-state index in [4.69, 9.17) is 4.74 Å². The molecule has 1 aliphatic rings. The summed E-state index contributed by atoms with van der Waals surface area (Å²) in [6.07, 6.45) is 5.21.